The van der Waals surface area contributed by atoms with Crippen molar-refractivity contribution < 1.29 is 4.79 Å². The summed E-state index contributed by atoms with van der Waals surface area (Å²) in [6.07, 6.45) is 3.06. The van der Waals surface area contributed by atoms with Crippen LogP contribution >= 0.6 is 11.3 Å². The minimum Gasteiger partial charge on any atom is -0.312 e. The van der Waals surface area contributed by atoms with E-state index in [1.54, 1.807) is 17.4 Å². The molecule has 1 aliphatic carbocycles. The van der Waals surface area contributed by atoms with Crippen LogP contribution in [0.3, 0.4) is 0 Å². The Kier molecular flexibility index (Phi) is 4.00. The molecule has 1 aromatic carbocycles. The average Bonchev–Trinajstić information content (AvgIpc) is 2.83. The first-order chi connectivity index (χ1) is 10.6. The molecule has 22 heavy (non-hydrogen) atoms. The Morgan fingerprint density at radius 2 is 2.27 bits per heavy atom. The Balaban J connectivity index is 1.90. The van der Waals surface area contributed by atoms with Gasteiger partial charge in [-0.3, -0.25) is 4.79 Å². The number of carbonyl (C=O) groups excluding carboxylic acids is 1. The second-order valence-electron chi connectivity index (χ2n) is 5.99. The monoisotopic (exact) mass is 310 g/mol. The highest BCUT2D eigenvalue weighted by Crippen LogP contribution is 2.39. The van der Waals surface area contributed by atoms with Crippen LogP contribution < -0.4 is 5.32 Å². The molecule has 1 aromatic heterocycles. The topological polar surface area (TPSA) is 52.9 Å². The van der Waals surface area contributed by atoms with E-state index in [2.05, 4.69) is 18.3 Å². The highest BCUT2D eigenvalue weighted by molar-refractivity contribution is 7.16. The van der Waals surface area contributed by atoms with Crippen LogP contribution in [0, 0.1) is 24.2 Å². The van der Waals surface area contributed by atoms with Crippen molar-refractivity contribution in [1.82, 2.24) is 0 Å². The zero-order valence-electron chi connectivity index (χ0n) is 12.8. The van der Waals surface area contributed by atoms with E-state index in [9.17, 15) is 10.1 Å². The molecule has 1 amide bonds. The number of rotatable bonds is 2. The zero-order chi connectivity index (χ0) is 15.7. The van der Waals surface area contributed by atoms with Crippen molar-refractivity contribution in [3.05, 3.63) is 51.4 Å². The Bertz CT molecular complexity index is 770. The summed E-state index contributed by atoms with van der Waals surface area (Å²) in [5.74, 6) is 0.505. The second kappa shape index (κ2) is 5.94. The van der Waals surface area contributed by atoms with Crippen molar-refractivity contribution in [1.29, 1.82) is 5.26 Å². The molecule has 3 rings (SSSR count). The van der Waals surface area contributed by atoms with Crippen LogP contribution in [0.15, 0.2) is 24.3 Å². The number of nitrogens with zero attached hydrogens (tertiary/aromatic N) is 1. The highest BCUT2D eigenvalue weighted by Gasteiger charge is 2.24. The van der Waals surface area contributed by atoms with Crippen molar-refractivity contribution in [2.75, 3.05) is 5.32 Å². The quantitative estimate of drug-likeness (QED) is 0.899. The third-order valence-corrected chi connectivity index (χ3v) is 5.30. The van der Waals surface area contributed by atoms with Crippen molar-refractivity contribution in [3.8, 4) is 6.07 Å². The van der Waals surface area contributed by atoms with Crippen LogP contribution in [0.25, 0.3) is 0 Å². The molecule has 1 unspecified atom stereocenters. The van der Waals surface area contributed by atoms with Crippen LogP contribution in [0.5, 0.6) is 0 Å². The van der Waals surface area contributed by atoms with Crippen LogP contribution in [-0.4, -0.2) is 5.91 Å². The molecule has 0 radical (unpaired) electrons. The van der Waals surface area contributed by atoms with Gasteiger partial charge in [-0.05, 0) is 49.8 Å². The lowest BCUT2D eigenvalue weighted by Crippen LogP contribution is -2.12. The van der Waals surface area contributed by atoms with Crippen molar-refractivity contribution in [3.63, 3.8) is 0 Å². The van der Waals surface area contributed by atoms with Gasteiger partial charge in [-0.2, -0.15) is 5.26 Å². The smallest absolute Gasteiger partial charge is 0.256 e. The van der Waals surface area contributed by atoms with Crippen molar-refractivity contribution in [2.45, 2.75) is 33.1 Å². The fourth-order valence-corrected chi connectivity index (χ4v) is 4.27. The normalized spacial score (nSPS) is 16.7. The summed E-state index contributed by atoms with van der Waals surface area (Å²) in [5, 5.41) is 13.1. The van der Waals surface area contributed by atoms with E-state index in [0.717, 1.165) is 30.4 Å². The number of anilines is 1. The lowest BCUT2D eigenvalue weighted by molar-refractivity contribution is 0.102. The molecule has 4 heteroatoms. The lowest BCUT2D eigenvalue weighted by atomic mass is 9.88. The van der Waals surface area contributed by atoms with Gasteiger partial charge in [0.05, 0.1) is 5.56 Å². The highest BCUT2D eigenvalue weighted by atomic mass is 32.1. The fourth-order valence-electron chi connectivity index (χ4n) is 2.92. The van der Waals surface area contributed by atoms with E-state index in [1.807, 2.05) is 25.1 Å². The van der Waals surface area contributed by atoms with E-state index < -0.39 is 0 Å². The van der Waals surface area contributed by atoms with E-state index in [0.29, 0.717) is 22.0 Å². The summed E-state index contributed by atoms with van der Waals surface area (Å²) in [5.41, 5.74) is 3.48. The maximum atomic E-state index is 12.4. The summed E-state index contributed by atoms with van der Waals surface area (Å²) in [6.45, 7) is 4.20. The van der Waals surface area contributed by atoms with Gasteiger partial charge in [0.25, 0.3) is 5.91 Å². The third kappa shape index (κ3) is 2.77. The Morgan fingerprint density at radius 1 is 1.45 bits per heavy atom. The molecule has 112 valence electrons. The van der Waals surface area contributed by atoms with Gasteiger partial charge >= 0.3 is 0 Å². The largest absolute Gasteiger partial charge is 0.312 e. The van der Waals surface area contributed by atoms with Crippen molar-refractivity contribution in [2.24, 2.45) is 5.92 Å². The number of amides is 1. The Hall–Kier alpha value is -2.12. The first-order valence-corrected chi connectivity index (χ1v) is 8.32. The van der Waals surface area contributed by atoms with Gasteiger partial charge in [-0.1, -0.05) is 24.6 Å². The molecule has 0 bridgehead atoms. The molecule has 1 aliphatic rings. The van der Waals surface area contributed by atoms with Gasteiger partial charge in [0.1, 0.15) is 11.1 Å². The third-order valence-electron chi connectivity index (χ3n) is 4.13. The summed E-state index contributed by atoms with van der Waals surface area (Å²) in [7, 11) is 0. The number of nitrogens with one attached hydrogen (secondary N) is 1. The summed E-state index contributed by atoms with van der Waals surface area (Å²) < 4.78 is 0. The number of benzene rings is 1. The molecule has 0 fully saturated rings. The fraction of sp³-hybridized carbons (Fsp3) is 0.333. The minimum absolute atomic E-state index is 0.146. The molecular weight excluding hydrogens is 292 g/mol. The number of hydrogen-bond acceptors (Lipinski definition) is 3. The molecule has 0 spiro atoms. The second-order valence-corrected chi connectivity index (χ2v) is 7.10. The number of thiophene rings is 1. The Labute approximate surface area is 134 Å². The van der Waals surface area contributed by atoms with E-state index in [4.69, 9.17) is 0 Å². The molecule has 0 saturated heterocycles. The molecule has 1 atom stereocenters. The van der Waals surface area contributed by atoms with Gasteiger partial charge in [0, 0.05) is 10.4 Å². The SMILES string of the molecule is Cc1cccc(C(=O)Nc2sc3c(c2C#N)CCC(C)C3)c1. The van der Waals surface area contributed by atoms with Gasteiger partial charge in [-0.15, -0.1) is 11.3 Å². The van der Waals surface area contributed by atoms with Gasteiger partial charge in [0.15, 0.2) is 0 Å². The minimum atomic E-state index is -0.146. The number of hydrogen-bond donors (Lipinski definition) is 1. The average molecular weight is 310 g/mol. The predicted octanol–water partition coefficient (Wildman–Crippen LogP) is 4.31. The zero-order valence-corrected chi connectivity index (χ0v) is 13.6. The molecule has 1 heterocycles. The lowest BCUT2D eigenvalue weighted by Gasteiger charge is -2.17. The van der Waals surface area contributed by atoms with Crippen molar-refractivity contribution >= 4 is 22.2 Å². The molecule has 3 nitrogen and oxygen atoms in total. The summed E-state index contributed by atoms with van der Waals surface area (Å²) in [6, 6.07) is 9.77. The van der Waals surface area contributed by atoms with Crippen LogP contribution in [0.4, 0.5) is 5.00 Å². The van der Waals surface area contributed by atoms with Gasteiger partial charge < -0.3 is 5.32 Å². The maximum absolute atomic E-state index is 12.4. The number of aryl methyl sites for hydroxylation is 1. The van der Waals surface area contributed by atoms with E-state index in [-0.39, 0.29) is 5.91 Å². The van der Waals surface area contributed by atoms with Gasteiger partial charge in [0.2, 0.25) is 0 Å². The summed E-state index contributed by atoms with van der Waals surface area (Å²) >= 11 is 1.56. The first kappa shape index (κ1) is 14.8. The number of carbonyl (C=O) groups is 1. The molecule has 0 saturated carbocycles. The maximum Gasteiger partial charge on any atom is 0.256 e. The van der Waals surface area contributed by atoms with E-state index >= 15 is 0 Å². The summed E-state index contributed by atoms with van der Waals surface area (Å²) in [4.78, 5) is 13.7. The Morgan fingerprint density at radius 3 is 3.00 bits per heavy atom. The molecule has 1 N–H and O–H groups in total. The van der Waals surface area contributed by atoms with Crippen LogP contribution in [0.1, 0.15) is 45.3 Å². The first-order valence-electron chi connectivity index (χ1n) is 7.51. The molecular formula is C18H18N2OS. The van der Waals surface area contributed by atoms with Crippen LogP contribution in [0.2, 0.25) is 0 Å². The van der Waals surface area contributed by atoms with Crippen LogP contribution in [-0.2, 0) is 12.8 Å². The molecule has 0 aliphatic heterocycles. The predicted molar refractivity (Wildman–Crippen MR) is 89.4 cm³/mol. The standard InChI is InChI=1S/C18H18N2OS/c1-11-4-3-5-13(8-11)17(21)20-18-15(10-19)14-7-6-12(2)9-16(14)22-18/h3-5,8,12H,6-7,9H2,1-2H3,(H,20,21). The number of nitriles is 1. The number of fused-ring (bicyclic) bond motifs is 1. The van der Waals surface area contributed by atoms with Gasteiger partial charge in [-0.25, -0.2) is 0 Å². The molecule has 2 aromatic rings. The van der Waals surface area contributed by atoms with E-state index in [1.165, 1.54) is 4.88 Å².